The molecule has 0 amide bonds. The molecule has 0 aliphatic heterocycles. The van der Waals surface area contributed by atoms with Crippen LogP contribution in [0.3, 0.4) is 0 Å². The Morgan fingerprint density at radius 3 is 3.08 bits per heavy atom. The topological polar surface area (TPSA) is 34.1 Å². The predicted octanol–water partition coefficient (Wildman–Crippen LogP) is 1.17. The minimum absolute atomic E-state index is 0.868. The summed E-state index contributed by atoms with van der Waals surface area (Å²) in [4.78, 5) is 8.92. The fourth-order valence-electron chi connectivity index (χ4n) is 0.990. The molecule has 0 fully saturated rings. The van der Waals surface area contributed by atoms with Crippen LogP contribution < -0.4 is 5.48 Å². The number of nitrogens with one attached hydrogen (secondary N) is 1. The van der Waals surface area contributed by atoms with E-state index in [1.807, 2.05) is 24.4 Å². The van der Waals surface area contributed by atoms with Gasteiger partial charge in [0.25, 0.3) is 0 Å². The van der Waals surface area contributed by atoms with Crippen molar-refractivity contribution in [3.63, 3.8) is 0 Å². The average molecular weight is 166 g/mol. The highest BCUT2D eigenvalue weighted by molar-refractivity contribution is 5.03. The highest BCUT2D eigenvalue weighted by Crippen LogP contribution is 1.96. The third-order valence-electron chi connectivity index (χ3n) is 1.58. The standard InChI is InChI=1S/C9H14N2O/c1-12-11-8-4-6-9-5-2-3-7-10-9/h2-3,5,7,11H,4,6,8H2,1H3. The zero-order chi connectivity index (χ0) is 8.65. The molecule has 0 aliphatic rings. The maximum Gasteiger partial charge on any atom is 0.0572 e. The van der Waals surface area contributed by atoms with Gasteiger partial charge in [0, 0.05) is 18.4 Å². The fourth-order valence-corrected chi connectivity index (χ4v) is 0.990. The van der Waals surface area contributed by atoms with Crippen LogP contribution in [0.2, 0.25) is 0 Å². The molecule has 3 nitrogen and oxygen atoms in total. The fraction of sp³-hybridized carbons (Fsp3) is 0.444. The van der Waals surface area contributed by atoms with Gasteiger partial charge < -0.3 is 4.84 Å². The largest absolute Gasteiger partial charge is 0.305 e. The number of pyridine rings is 1. The van der Waals surface area contributed by atoms with Crippen LogP contribution in [0.5, 0.6) is 0 Å². The van der Waals surface area contributed by atoms with Crippen molar-refractivity contribution in [3.8, 4) is 0 Å². The number of hydrogen-bond acceptors (Lipinski definition) is 3. The van der Waals surface area contributed by atoms with Gasteiger partial charge in [-0.15, -0.1) is 0 Å². The first kappa shape index (κ1) is 9.16. The smallest absolute Gasteiger partial charge is 0.0572 e. The monoisotopic (exact) mass is 166 g/mol. The second kappa shape index (κ2) is 5.69. The molecular formula is C9H14N2O. The lowest BCUT2D eigenvalue weighted by Crippen LogP contribution is -2.13. The average Bonchev–Trinajstić information content (AvgIpc) is 2.14. The Kier molecular flexibility index (Phi) is 4.34. The Morgan fingerprint density at radius 1 is 1.50 bits per heavy atom. The molecule has 1 heterocycles. The normalized spacial score (nSPS) is 10.1. The summed E-state index contributed by atoms with van der Waals surface area (Å²) in [6.45, 7) is 0.868. The zero-order valence-corrected chi connectivity index (χ0v) is 7.29. The van der Waals surface area contributed by atoms with Crippen LogP contribution in [0.1, 0.15) is 12.1 Å². The van der Waals surface area contributed by atoms with Crippen LogP contribution in [0, 0.1) is 0 Å². The van der Waals surface area contributed by atoms with E-state index in [-0.39, 0.29) is 0 Å². The van der Waals surface area contributed by atoms with Crippen molar-refractivity contribution in [1.29, 1.82) is 0 Å². The number of hydroxylamine groups is 1. The molecule has 1 N–H and O–H groups in total. The Morgan fingerprint density at radius 2 is 2.42 bits per heavy atom. The van der Waals surface area contributed by atoms with Gasteiger partial charge in [0.05, 0.1) is 7.11 Å². The first-order valence-corrected chi connectivity index (χ1v) is 4.09. The van der Waals surface area contributed by atoms with Gasteiger partial charge in [0.1, 0.15) is 0 Å². The van der Waals surface area contributed by atoms with Gasteiger partial charge in [-0.3, -0.25) is 4.98 Å². The molecule has 12 heavy (non-hydrogen) atoms. The first-order valence-electron chi connectivity index (χ1n) is 4.09. The first-order chi connectivity index (χ1) is 5.93. The van der Waals surface area contributed by atoms with Gasteiger partial charge in [-0.25, -0.2) is 5.48 Å². The summed E-state index contributed by atoms with van der Waals surface area (Å²) in [5.41, 5.74) is 3.93. The van der Waals surface area contributed by atoms with Gasteiger partial charge in [-0.2, -0.15) is 0 Å². The molecular weight excluding hydrogens is 152 g/mol. The van der Waals surface area contributed by atoms with Gasteiger partial charge in [0.2, 0.25) is 0 Å². The molecule has 1 rings (SSSR count). The quantitative estimate of drug-likeness (QED) is 0.526. The Labute approximate surface area is 72.7 Å². The molecule has 1 aromatic heterocycles. The molecule has 0 spiro atoms. The lowest BCUT2D eigenvalue weighted by Gasteiger charge is -2.00. The van der Waals surface area contributed by atoms with Crippen LogP contribution in [-0.4, -0.2) is 18.6 Å². The van der Waals surface area contributed by atoms with Crippen molar-refractivity contribution in [1.82, 2.24) is 10.5 Å². The highest BCUT2D eigenvalue weighted by Gasteiger charge is 1.91. The van der Waals surface area contributed by atoms with E-state index in [0.29, 0.717) is 0 Å². The summed E-state index contributed by atoms with van der Waals surface area (Å²) in [6, 6.07) is 5.97. The predicted molar refractivity (Wildman–Crippen MR) is 47.6 cm³/mol. The lowest BCUT2D eigenvalue weighted by atomic mass is 10.2. The minimum atomic E-state index is 0.868. The van der Waals surface area contributed by atoms with Crippen LogP contribution in [-0.2, 0) is 11.3 Å². The number of aryl methyl sites for hydroxylation is 1. The third kappa shape index (κ3) is 3.46. The Balaban J connectivity index is 2.16. The number of hydrogen-bond donors (Lipinski definition) is 1. The molecule has 0 aromatic carbocycles. The molecule has 0 saturated heterocycles. The second-order valence-corrected chi connectivity index (χ2v) is 2.52. The summed E-state index contributed by atoms with van der Waals surface area (Å²) in [5, 5.41) is 0. The van der Waals surface area contributed by atoms with Crippen LogP contribution in [0.4, 0.5) is 0 Å². The number of aromatic nitrogens is 1. The summed E-state index contributed by atoms with van der Waals surface area (Å²) in [6.07, 6.45) is 3.86. The van der Waals surface area contributed by atoms with Crippen LogP contribution >= 0.6 is 0 Å². The van der Waals surface area contributed by atoms with Crippen molar-refractivity contribution in [3.05, 3.63) is 30.1 Å². The Bertz CT molecular complexity index is 201. The van der Waals surface area contributed by atoms with E-state index in [9.17, 15) is 0 Å². The van der Waals surface area contributed by atoms with Crippen LogP contribution in [0.15, 0.2) is 24.4 Å². The SMILES string of the molecule is CONCCCc1ccccn1. The maximum atomic E-state index is 4.71. The molecule has 0 atom stereocenters. The molecule has 0 aliphatic carbocycles. The van der Waals surface area contributed by atoms with E-state index in [1.165, 1.54) is 0 Å². The molecule has 0 saturated carbocycles. The van der Waals surface area contributed by atoms with E-state index in [1.54, 1.807) is 7.11 Å². The zero-order valence-electron chi connectivity index (χ0n) is 7.29. The van der Waals surface area contributed by atoms with Gasteiger partial charge in [-0.1, -0.05) is 6.07 Å². The van der Waals surface area contributed by atoms with Crippen molar-refractivity contribution < 1.29 is 4.84 Å². The Hall–Kier alpha value is -0.930. The molecule has 0 unspecified atom stereocenters. The van der Waals surface area contributed by atoms with E-state index >= 15 is 0 Å². The second-order valence-electron chi connectivity index (χ2n) is 2.52. The number of nitrogens with zero attached hydrogens (tertiary/aromatic N) is 1. The summed E-state index contributed by atoms with van der Waals surface area (Å²) in [7, 11) is 1.63. The number of rotatable bonds is 5. The van der Waals surface area contributed by atoms with Crippen molar-refractivity contribution in [2.24, 2.45) is 0 Å². The molecule has 3 heteroatoms. The molecule has 0 radical (unpaired) electrons. The van der Waals surface area contributed by atoms with Gasteiger partial charge in [-0.05, 0) is 25.0 Å². The maximum absolute atomic E-state index is 4.71. The van der Waals surface area contributed by atoms with E-state index in [2.05, 4.69) is 10.5 Å². The van der Waals surface area contributed by atoms with Crippen molar-refractivity contribution >= 4 is 0 Å². The van der Waals surface area contributed by atoms with Crippen molar-refractivity contribution in [2.75, 3.05) is 13.7 Å². The lowest BCUT2D eigenvalue weighted by molar-refractivity contribution is 0.0910. The molecule has 66 valence electrons. The molecule has 1 aromatic rings. The minimum Gasteiger partial charge on any atom is -0.305 e. The highest BCUT2D eigenvalue weighted by atomic mass is 16.6. The third-order valence-corrected chi connectivity index (χ3v) is 1.58. The molecule has 0 bridgehead atoms. The van der Waals surface area contributed by atoms with Gasteiger partial charge >= 0.3 is 0 Å². The van der Waals surface area contributed by atoms with Crippen LogP contribution in [0.25, 0.3) is 0 Å². The summed E-state index contributed by atoms with van der Waals surface area (Å²) < 4.78 is 0. The van der Waals surface area contributed by atoms with E-state index in [0.717, 1.165) is 25.1 Å². The van der Waals surface area contributed by atoms with Gasteiger partial charge in [0.15, 0.2) is 0 Å². The summed E-state index contributed by atoms with van der Waals surface area (Å²) in [5.74, 6) is 0. The van der Waals surface area contributed by atoms with E-state index in [4.69, 9.17) is 4.84 Å². The van der Waals surface area contributed by atoms with E-state index < -0.39 is 0 Å². The van der Waals surface area contributed by atoms with Crippen molar-refractivity contribution in [2.45, 2.75) is 12.8 Å². The summed E-state index contributed by atoms with van der Waals surface area (Å²) >= 11 is 0.